The summed E-state index contributed by atoms with van der Waals surface area (Å²) in [5, 5.41) is 20.0. The molecule has 0 aliphatic carbocycles. The van der Waals surface area contributed by atoms with Gasteiger partial charge in [-0.25, -0.2) is 5.01 Å². The summed E-state index contributed by atoms with van der Waals surface area (Å²) in [6.07, 6.45) is 1.97. The average molecular weight is 332 g/mol. The van der Waals surface area contributed by atoms with E-state index in [0.29, 0.717) is 11.4 Å². The minimum atomic E-state index is 0.0284. The minimum absolute atomic E-state index is 0.0284. The van der Waals surface area contributed by atoms with Crippen molar-refractivity contribution in [3.63, 3.8) is 0 Å². The summed E-state index contributed by atoms with van der Waals surface area (Å²) in [5.74, 6) is 1.69. The van der Waals surface area contributed by atoms with Crippen LogP contribution in [-0.2, 0) is 5.11 Å². The van der Waals surface area contributed by atoms with Gasteiger partial charge >= 0.3 is 0 Å². The van der Waals surface area contributed by atoms with Crippen LogP contribution in [0.2, 0.25) is 0 Å². The van der Waals surface area contributed by atoms with Crippen molar-refractivity contribution in [3.8, 4) is 0 Å². The number of aryl methyl sites for hydroxylation is 3. The molecule has 0 unspecified atom stereocenters. The molecule has 1 radical (unpaired) electrons. The van der Waals surface area contributed by atoms with E-state index < -0.39 is 0 Å². The van der Waals surface area contributed by atoms with Gasteiger partial charge in [0.2, 0.25) is 5.76 Å². The van der Waals surface area contributed by atoms with E-state index in [9.17, 15) is 5.11 Å². The lowest BCUT2D eigenvalue weighted by molar-refractivity contribution is 0.370. The number of rotatable bonds is 2. The Bertz CT molecular complexity index is 860. The van der Waals surface area contributed by atoms with Crippen LogP contribution >= 0.6 is 0 Å². The highest BCUT2D eigenvalue weighted by Gasteiger charge is 2.37. The van der Waals surface area contributed by atoms with E-state index in [0.717, 1.165) is 42.0 Å². The third kappa shape index (κ3) is 2.58. The molecule has 2 aliphatic heterocycles. The Hall–Kier alpha value is -2.75. The molecule has 1 saturated heterocycles. The summed E-state index contributed by atoms with van der Waals surface area (Å²) in [4.78, 5) is 2.09. The van der Waals surface area contributed by atoms with Crippen molar-refractivity contribution >= 4 is 17.3 Å². The molecule has 2 aromatic carbocycles. The molecule has 0 spiro atoms. The topological polar surface area (TPSA) is 38.7 Å². The summed E-state index contributed by atoms with van der Waals surface area (Å²) in [5.41, 5.74) is 5.23. The second-order valence-electron chi connectivity index (χ2n) is 6.85. The van der Waals surface area contributed by atoms with Gasteiger partial charge in [0.05, 0.1) is 5.69 Å². The number of hydrogen-bond donors (Lipinski definition) is 0. The predicted octanol–water partition coefficient (Wildman–Crippen LogP) is 4.60. The van der Waals surface area contributed by atoms with Crippen LogP contribution in [-0.4, -0.2) is 17.3 Å². The van der Waals surface area contributed by atoms with Gasteiger partial charge < -0.3 is 4.90 Å². The number of anilines is 1. The normalized spacial score (nSPS) is 18.4. The van der Waals surface area contributed by atoms with Crippen LogP contribution in [0.4, 0.5) is 5.69 Å². The van der Waals surface area contributed by atoms with Gasteiger partial charge in [-0.2, -0.15) is 5.10 Å². The van der Waals surface area contributed by atoms with Gasteiger partial charge in [0.25, 0.3) is 0 Å². The second-order valence-corrected chi connectivity index (χ2v) is 6.85. The third-order valence-corrected chi connectivity index (χ3v) is 4.85. The lowest BCUT2D eigenvalue weighted by Crippen LogP contribution is -2.27. The zero-order valence-corrected chi connectivity index (χ0v) is 14.9. The first-order valence-electron chi connectivity index (χ1n) is 8.76. The van der Waals surface area contributed by atoms with Crippen LogP contribution in [0.25, 0.3) is 5.76 Å². The maximum absolute atomic E-state index is 13.3. The Labute approximate surface area is 148 Å². The minimum Gasteiger partial charge on any atom is -0.310 e. The third-order valence-electron chi connectivity index (χ3n) is 4.85. The molecule has 2 aliphatic rings. The fourth-order valence-electron chi connectivity index (χ4n) is 3.87. The molecule has 4 rings (SSSR count). The Morgan fingerprint density at radius 2 is 1.72 bits per heavy atom. The molecule has 1 fully saturated rings. The van der Waals surface area contributed by atoms with Crippen LogP contribution in [0, 0.1) is 20.8 Å². The Morgan fingerprint density at radius 1 is 1.04 bits per heavy atom. The van der Waals surface area contributed by atoms with Crippen molar-refractivity contribution in [2.75, 3.05) is 11.6 Å². The molecule has 127 valence electrons. The molecule has 0 bridgehead atoms. The number of fused-ring (bicyclic) bond motifs is 1. The zero-order chi connectivity index (χ0) is 17.6. The van der Waals surface area contributed by atoms with Gasteiger partial charge in [0.15, 0.2) is 5.82 Å². The van der Waals surface area contributed by atoms with Gasteiger partial charge in [0.1, 0.15) is 5.84 Å². The molecule has 0 aromatic heterocycles. The molecule has 0 N–H and O–H groups in total. The summed E-state index contributed by atoms with van der Waals surface area (Å²) < 4.78 is 0. The van der Waals surface area contributed by atoms with Crippen molar-refractivity contribution in [1.82, 2.24) is 4.90 Å². The monoisotopic (exact) mass is 332 g/mol. The van der Waals surface area contributed by atoms with E-state index in [4.69, 9.17) is 5.10 Å². The number of hydrogen-bond acceptors (Lipinski definition) is 3. The molecule has 0 atom stereocenters. The second kappa shape index (κ2) is 5.96. The summed E-state index contributed by atoms with van der Waals surface area (Å²) >= 11 is 0. The van der Waals surface area contributed by atoms with Crippen LogP contribution in [0.3, 0.4) is 0 Å². The van der Waals surface area contributed by atoms with E-state index in [-0.39, 0.29) is 5.76 Å². The van der Waals surface area contributed by atoms with E-state index in [1.54, 1.807) is 0 Å². The molecular weight excluding hydrogens is 310 g/mol. The summed E-state index contributed by atoms with van der Waals surface area (Å²) in [6, 6.07) is 13.8. The smallest absolute Gasteiger partial charge is 0.228 e. The lowest BCUT2D eigenvalue weighted by atomic mass is 10.0. The number of hydrazone groups is 1. The predicted molar refractivity (Wildman–Crippen MR) is 101 cm³/mol. The van der Waals surface area contributed by atoms with Gasteiger partial charge in [-0.3, -0.25) is 5.11 Å². The van der Waals surface area contributed by atoms with Crippen molar-refractivity contribution in [3.05, 3.63) is 70.5 Å². The van der Waals surface area contributed by atoms with Crippen LogP contribution in [0.5, 0.6) is 0 Å². The first kappa shape index (κ1) is 15.8. The molecule has 0 amide bonds. The first-order valence-corrected chi connectivity index (χ1v) is 8.76. The van der Waals surface area contributed by atoms with Crippen molar-refractivity contribution < 1.29 is 5.11 Å². The Morgan fingerprint density at radius 3 is 2.40 bits per heavy atom. The quantitative estimate of drug-likeness (QED) is 0.754. The fraction of sp³-hybridized carbons (Fsp3) is 0.286. The SMILES string of the molecule is Cc1cc(C)c(N2N=C3CCCN3C2=C([O])c2ccccc2)c(C)c1. The number of amidine groups is 1. The van der Waals surface area contributed by atoms with Gasteiger partial charge in [-0.1, -0.05) is 48.0 Å². The van der Waals surface area contributed by atoms with Gasteiger partial charge in [0, 0.05) is 18.5 Å². The van der Waals surface area contributed by atoms with E-state index in [1.807, 2.05) is 35.3 Å². The first-order chi connectivity index (χ1) is 12.1. The molecule has 4 heteroatoms. The van der Waals surface area contributed by atoms with E-state index in [2.05, 4.69) is 37.8 Å². The fourth-order valence-corrected chi connectivity index (χ4v) is 3.87. The molecule has 2 aromatic rings. The van der Waals surface area contributed by atoms with Crippen LogP contribution < -0.4 is 5.01 Å². The number of benzene rings is 2. The molecule has 25 heavy (non-hydrogen) atoms. The lowest BCUT2D eigenvalue weighted by Gasteiger charge is -2.25. The van der Waals surface area contributed by atoms with E-state index in [1.165, 1.54) is 5.56 Å². The number of nitrogens with zero attached hydrogens (tertiary/aromatic N) is 3. The maximum atomic E-state index is 13.3. The van der Waals surface area contributed by atoms with Crippen molar-refractivity contribution in [2.45, 2.75) is 33.6 Å². The van der Waals surface area contributed by atoms with Crippen LogP contribution in [0.15, 0.2) is 53.4 Å². The highest BCUT2D eigenvalue weighted by Crippen LogP contribution is 2.39. The molecule has 2 heterocycles. The van der Waals surface area contributed by atoms with Crippen molar-refractivity contribution in [2.24, 2.45) is 5.10 Å². The Balaban J connectivity index is 1.90. The van der Waals surface area contributed by atoms with Gasteiger partial charge in [-0.15, -0.1) is 0 Å². The Kier molecular flexibility index (Phi) is 3.75. The molecule has 4 nitrogen and oxygen atoms in total. The molecule has 0 saturated carbocycles. The van der Waals surface area contributed by atoms with Crippen molar-refractivity contribution in [1.29, 1.82) is 0 Å². The highest BCUT2D eigenvalue weighted by molar-refractivity contribution is 5.93. The van der Waals surface area contributed by atoms with Gasteiger partial charge in [-0.05, 0) is 38.3 Å². The van der Waals surface area contributed by atoms with E-state index >= 15 is 0 Å². The molecular formula is C21H22N3O. The highest BCUT2D eigenvalue weighted by atomic mass is 16.3. The maximum Gasteiger partial charge on any atom is 0.228 e. The standard InChI is InChI=1S/C21H22N3O/c1-14-12-15(2)19(16(3)13-14)24-21(23-11-7-10-18(23)22-24)20(25)17-8-5-4-6-9-17/h4-6,8-9,12-13H,7,10-11H2,1-3H3. The average Bonchev–Trinajstić information content (AvgIpc) is 3.15. The summed E-state index contributed by atoms with van der Waals surface area (Å²) in [7, 11) is 0. The summed E-state index contributed by atoms with van der Waals surface area (Å²) in [6.45, 7) is 7.12. The van der Waals surface area contributed by atoms with Crippen LogP contribution in [0.1, 0.15) is 35.1 Å². The largest absolute Gasteiger partial charge is 0.310 e. The zero-order valence-electron chi connectivity index (χ0n) is 14.9.